The zero-order valence-corrected chi connectivity index (χ0v) is 11.3. The molecular weight excluding hydrogens is 231 g/mol. The van der Waals surface area contributed by atoms with E-state index in [0.29, 0.717) is 0 Å². The highest BCUT2D eigenvalue weighted by Crippen LogP contribution is 2.04. The van der Waals surface area contributed by atoms with Crippen molar-refractivity contribution in [3.63, 3.8) is 0 Å². The lowest BCUT2D eigenvalue weighted by Crippen LogP contribution is -2.47. The van der Waals surface area contributed by atoms with Crippen LogP contribution in [0.3, 0.4) is 0 Å². The Morgan fingerprint density at radius 2 is 1.47 bits per heavy atom. The summed E-state index contributed by atoms with van der Waals surface area (Å²) in [7, 11) is 0. The first kappa shape index (κ1) is 15.5. The number of alkyl halides is 1. The fourth-order valence-electron chi connectivity index (χ4n) is 1.94. The molecule has 1 rings (SSSR count). The molecule has 0 aromatic heterocycles. The number of hydrogen-bond donors (Lipinski definition) is 0. The minimum atomic E-state index is 0. The van der Waals surface area contributed by atoms with E-state index in [1.807, 2.05) is 0 Å². The van der Waals surface area contributed by atoms with Gasteiger partial charge in [0.1, 0.15) is 0 Å². The molecule has 0 bridgehead atoms. The van der Waals surface area contributed by atoms with Gasteiger partial charge in [0, 0.05) is 38.6 Å². The molecule has 1 aliphatic rings. The number of hydrogen-bond acceptors (Lipinski definition) is 2. The van der Waals surface area contributed by atoms with Crippen LogP contribution in [0.4, 0.5) is 0 Å². The van der Waals surface area contributed by atoms with Crippen LogP contribution < -0.4 is 0 Å². The number of unbranched alkanes of at least 4 members (excludes halogenated alkanes) is 2. The van der Waals surface area contributed by atoms with Gasteiger partial charge in [0.2, 0.25) is 0 Å². The van der Waals surface area contributed by atoms with Gasteiger partial charge < -0.3 is 4.90 Å². The van der Waals surface area contributed by atoms with Gasteiger partial charge in [-0.2, -0.15) is 0 Å². The topological polar surface area (TPSA) is 6.48 Å². The van der Waals surface area contributed by atoms with Crippen LogP contribution >= 0.6 is 24.0 Å². The minimum absolute atomic E-state index is 0. The van der Waals surface area contributed by atoms with Crippen molar-refractivity contribution in [1.82, 2.24) is 9.80 Å². The van der Waals surface area contributed by atoms with Crippen molar-refractivity contribution in [1.29, 1.82) is 0 Å². The molecule has 1 fully saturated rings. The third-order valence-electron chi connectivity index (χ3n) is 2.94. The average molecular weight is 255 g/mol. The van der Waals surface area contributed by atoms with Crippen molar-refractivity contribution in [2.45, 2.75) is 26.2 Å². The van der Waals surface area contributed by atoms with Gasteiger partial charge in [0.05, 0.1) is 0 Å². The van der Waals surface area contributed by atoms with Crippen molar-refractivity contribution in [3.05, 3.63) is 0 Å². The Kier molecular flexibility index (Phi) is 10.0. The Morgan fingerprint density at radius 3 is 1.93 bits per heavy atom. The quantitative estimate of drug-likeness (QED) is 0.531. The predicted octanol–water partition coefficient (Wildman–Crippen LogP) is 2.45. The molecule has 0 N–H and O–H groups in total. The molecule has 4 heteroatoms. The highest BCUT2D eigenvalue weighted by atomic mass is 35.5. The molecule has 15 heavy (non-hydrogen) atoms. The lowest BCUT2D eigenvalue weighted by Gasteiger charge is -2.34. The van der Waals surface area contributed by atoms with Crippen LogP contribution in [0, 0.1) is 0 Å². The van der Waals surface area contributed by atoms with Crippen LogP contribution in [0.15, 0.2) is 0 Å². The fourth-order valence-corrected chi connectivity index (χ4v) is 2.18. The fraction of sp³-hybridized carbons (Fsp3) is 1.00. The summed E-state index contributed by atoms with van der Waals surface area (Å²) in [4.78, 5) is 5.05. The second kappa shape index (κ2) is 9.71. The molecule has 0 radical (unpaired) electrons. The third-order valence-corrected chi connectivity index (χ3v) is 3.11. The maximum absolute atomic E-state index is 5.72. The van der Waals surface area contributed by atoms with E-state index in [-0.39, 0.29) is 12.4 Å². The van der Waals surface area contributed by atoms with E-state index in [4.69, 9.17) is 11.6 Å². The summed E-state index contributed by atoms with van der Waals surface area (Å²) < 4.78 is 0. The largest absolute Gasteiger partial charge is 0.301 e. The highest BCUT2D eigenvalue weighted by molar-refractivity contribution is 6.18. The van der Waals surface area contributed by atoms with E-state index in [0.717, 1.165) is 12.4 Å². The molecule has 1 aliphatic heterocycles. The van der Waals surface area contributed by atoms with Crippen LogP contribution in [0.2, 0.25) is 0 Å². The van der Waals surface area contributed by atoms with Crippen LogP contribution in [0.25, 0.3) is 0 Å². The van der Waals surface area contributed by atoms with Gasteiger partial charge >= 0.3 is 0 Å². The van der Waals surface area contributed by atoms with Crippen molar-refractivity contribution in [2.75, 3.05) is 45.1 Å². The van der Waals surface area contributed by atoms with Crippen molar-refractivity contribution in [2.24, 2.45) is 0 Å². The molecule has 0 aromatic carbocycles. The molecule has 0 amide bonds. The molecule has 1 saturated heterocycles. The van der Waals surface area contributed by atoms with Crippen LogP contribution in [-0.4, -0.2) is 54.9 Å². The normalized spacial score (nSPS) is 18.8. The van der Waals surface area contributed by atoms with Gasteiger partial charge in [-0.1, -0.05) is 19.8 Å². The Bertz CT molecular complexity index is 137. The van der Waals surface area contributed by atoms with Crippen LogP contribution in [-0.2, 0) is 0 Å². The van der Waals surface area contributed by atoms with Crippen molar-refractivity contribution < 1.29 is 0 Å². The van der Waals surface area contributed by atoms with E-state index in [9.17, 15) is 0 Å². The highest BCUT2D eigenvalue weighted by Gasteiger charge is 2.15. The smallest absolute Gasteiger partial charge is 0.0351 e. The van der Waals surface area contributed by atoms with Gasteiger partial charge in [-0.25, -0.2) is 0 Å². The summed E-state index contributed by atoms with van der Waals surface area (Å²) in [6, 6.07) is 0. The number of piperazine rings is 1. The summed E-state index contributed by atoms with van der Waals surface area (Å²) in [6.45, 7) is 9.50. The van der Waals surface area contributed by atoms with Crippen molar-refractivity contribution in [3.8, 4) is 0 Å². The van der Waals surface area contributed by atoms with E-state index < -0.39 is 0 Å². The zero-order chi connectivity index (χ0) is 10.2. The first-order chi connectivity index (χ1) is 6.86. The minimum Gasteiger partial charge on any atom is -0.301 e. The number of nitrogens with zero attached hydrogens (tertiary/aromatic N) is 2. The molecule has 0 unspecified atom stereocenters. The van der Waals surface area contributed by atoms with Crippen LogP contribution in [0.5, 0.6) is 0 Å². The van der Waals surface area contributed by atoms with Gasteiger partial charge in [-0.3, -0.25) is 4.90 Å². The SMILES string of the molecule is CCCCCN1CCN(CCCl)CC1.Cl. The van der Waals surface area contributed by atoms with Crippen LogP contribution in [0.1, 0.15) is 26.2 Å². The first-order valence-corrected chi connectivity index (χ1v) is 6.41. The third kappa shape index (κ3) is 6.62. The maximum Gasteiger partial charge on any atom is 0.0351 e. The molecule has 92 valence electrons. The molecule has 0 atom stereocenters. The summed E-state index contributed by atoms with van der Waals surface area (Å²) in [6.07, 6.45) is 4.07. The van der Waals surface area contributed by atoms with Gasteiger partial charge in [-0.05, 0) is 13.0 Å². The Balaban J connectivity index is 0.00000196. The molecule has 0 aliphatic carbocycles. The Hall–Kier alpha value is 0.500. The molecular formula is C11H24Cl2N2. The molecule has 0 spiro atoms. The summed E-state index contributed by atoms with van der Waals surface area (Å²) in [5, 5.41) is 0. The maximum atomic E-state index is 5.72. The molecule has 1 heterocycles. The van der Waals surface area contributed by atoms with Gasteiger partial charge in [0.15, 0.2) is 0 Å². The molecule has 2 nitrogen and oxygen atoms in total. The monoisotopic (exact) mass is 254 g/mol. The summed E-state index contributed by atoms with van der Waals surface area (Å²) in [5.74, 6) is 0.774. The number of halogens is 2. The van der Waals surface area contributed by atoms with E-state index in [2.05, 4.69) is 16.7 Å². The lowest BCUT2D eigenvalue weighted by atomic mass is 10.2. The molecule has 0 saturated carbocycles. The van der Waals surface area contributed by atoms with Gasteiger partial charge in [-0.15, -0.1) is 24.0 Å². The Labute approximate surface area is 105 Å². The van der Waals surface area contributed by atoms with Crippen molar-refractivity contribution >= 4 is 24.0 Å². The van der Waals surface area contributed by atoms with E-state index >= 15 is 0 Å². The predicted molar refractivity (Wildman–Crippen MR) is 70.4 cm³/mol. The summed E-state index contributed by atoms with van der Waals surface area (Å²) in [5.41, 5.74) is 0. The van der Waals surface area contributed by atoms with Gasteiger partial charge in [0.25, 0.3) is 0 Å². The average Bonchev–Trinajstić information content (AvgIpc) is 2.21. The first-order valence-electron chi connectivity index (χ1n) is 5.87. The van der Waals surface area contributed by atoms with E-state index in [1.54, 1.807) is 0 Å². The van der Waals surface area contributed by atoms with E-state index in [1.165, 1.54) is 52.0 Å². The standard InChI is InChI=1S/C11H23ClN2.ClH/c1-2-3-4-6-13-8-10-14(7-5-12)11-9-13;/h2-11H2,1H3;1H. The second-order valence-corrected chi connectivity index (χ2v) is 4.46. The Morgan fingerprint density at radius 1 is 0.933 bits per heavy atom. The lowest BCUT2D eigenvalue weighted by molar-refractivity contribution is 0.136. The zero-order valence-electron chi connectivity index (χ0n) is 9.75. The second-order valence-electron chi connectivity index (χ2n) is 4.08. The number of rotatable bonds is 6. The molecule has 0 aromatic rings. The summed E-state index contributed by atoms with van der Waals surface area (Å²) >= 11 is 5.72.